The lowest BCUT2D eigenvalue weighted by Gasteiger charge is -2.24. The topological polar surface area (TPSA) is 73.1 Å². The molecule has 1 fully saturated rings. The lowest BCUT2D eigenvalue weighted by atomic mass is 10.1. The van der Waals surface area contributed by atoms with Gasteiger partial charge in [-0.3, -0.25) is 4.79 Å². The van der Waals surface area contributed by atoms with Crippen LogP contribution in [-0.4, -0.2) is 50.7 Å². The molecule has 0 saturated carbocycles. The third kappa shape index (κ3) is 3.32. The van der Waals surface area contributed by atoms with Crippen LogP contribution >= 0.6 is 11.3 Å². The number of nitrogens with zero attached hydrogens (tertiary/aromatic N) is 5. The number of likely N-dealkylation sites (tertiary alicyclic amines) is 1. The van der Waals surface area contributed by atoms with E-state index in [2.05, 4.69) is 15.4 Å². The summed E-state index contributed by atoms with van der Waals surface area (Å²) in [4.78, 5) is 17.4. The SMILES string of the molecule is COc1ccc(C(=O)N2CCC[C@@H]2Cn2nnc(-c3cccs3)n2)cc1. The first-order chi connectivity index (χ1) is 12.7. The number of carbonyl (C=O) groups is 1. The zero-order valence-electron chi connectivity index (χ0n) is 14.4. The normalized spacial score (nSPS) is 16.8. The summed E-state index contributed by atoms with van der Waals surface area (Å²) in [5.74, 6) is 1.41. The molecule has 0 N–H and O–H groups in total. The molecule has 1 amide bonds. The molecular weight excluding hydrogens is 350 g/mol. The van der Waals surface area contributed by atoms with Gasteiger partial charge < -0.3 is 9.64 Å². The first-order valence-corrected chi connectivity index (χ1v) is 9.39. The van der Waals surface area contributed by atoms with Gasteiger partial charge >= 0.3 is 0 Å². The van der Waals surface area contributed by atoms with Gasteiger partial charge in [0.15, 0.2) is 0 Å². The van der Waals surface area contributed by atoms with Gasteiger partial charge in [0.1, 0.15) is 5.75 Å². The minimum atomic E-state index is 0.0359. The van der Waals surface area contributed by atoms with Gasteiger partial charge in [-0.15, -0.1) is 21.5 Å². The second kappa shape index (κ2) is 7.25. The van der Waals surface area contributed by atoms with E-state index in [9.17, 15) is 4.79 Å². The Hall–Kier alpha value is -2.74. The molecule has 8 heteroatoms. The summed E-state index contributed by atoms with van der Waals surface area (Å²) in [5, 5.41) is 14.7. The smallest absolute Gasteiger partial charge is 0.254 e. The summed E-state index contributed by atoms with van der Waals surface area (Å²) in [6, 6.07) is 11.2. The number of rotatable bonds is 5. The van der Waals surface area contributed by atoms with Crippen molar-refractivity contribution in [3.8, 4) is 16.5 Å². The maximum atomic E-state index is 12.9. The van der Waals surface area contributed by atoms with E-state index < -0.39 is 0 Å². The molecule has 1 saturated heterocycles. The van der Waals surface area contributed by atoms with Crippen LogP contribution in [0.1, 0.15) is 23.2 Å². The lowest BCUT2D eigenvalue weighted by Crippen LogP contribution is -2.38. The second-order valence-electron chi connectivity index (χ2n) is 6.17. The van der Waals surface area contributed by atoms with Gasteiger partial charge in [-0.25, -0.2) is 0 Å². The monoisotopic (exact) mass is 369 g/mol. The zero-order valence-corrected chi connectivity index (χ0v) is 15.2. The third-order valence-corrected chi connectivity index (χ3v) is 5.41. The van der Waals surface area contributed by atoms with Gasteiger partial charge in [-0.2, -0.15) is 4.80 Å². The minimum Gasteiger partial charge on any atom is -0.497 e. The lowest BCUT2D eigenvalue weighted by molar-refractivity contribution is 0.0718. The molecule has 4 rings (SSSR count). The van der Waals surface area contributed by atoms with Crippen LogP contribution in [-0.2, 0) is 6.54 Å². The number of aromatic nitrogens is 4. The van der Waals surface area contributed by atoms with Crippen LogP contribution in [0.25, 0.3) is 10.7 Å². The second-order valence-corrected chi connectivity index (χ2v) is 7.12. The largest absolute Gasteiger partial charge is 0.497 e. The predicted molar refractivity (Wildman–Crippen MR) is 98.2 cm³/mol. The highest BCUT2D eigenvalue weighted by atomic mass is 32.1. The Kier molecular flexibility index (Phi) is 4.66. The summed E-state index contributed by atoms with van der Waals surface area (Å²) < 4.78 is 5.16. The summed E-state index contributed by atoms with van der Waals surface area (Å²) >= 11 is 1.58. The van der Waals surface area contributed by atoms with E-state index in [1.54, 1.807) is 35.4 Å². The van der Waals surface area contributed by atoms with E-state index in [1.807, 2.05) is 34.5 Å². The Labute approximate surface area is 155 Å². The molecule has 0 radical (unpaired) electrons. The van der Waals surface area contributed by atoms with E-state index in [-0.39, 0.29) is 11.9 Å². The van der Waals surface area contributed by atoms with Crippen LogP contribution < -0.4 is 4.74 Å². The van der Waals surface area contributed by atoms with Crippen molar-refractivity contribution < 1.29 is 9.53 Å². The van der Waals surface area contributed by atoms with Crippen molar-refractivity contribution >= 4 is 17.2 Å². The van der Waals surface area contributed by atoms with E-state index in [4.69, 9.17) is 4.74 Å². The average molecular weight is 369 g/mol. The first-order valence-electron chi connectivity index (χ1n) is 8.51. The Balaban J connectivity index is 1.47. The summed E-state index contributed by atoms with van der Waals surface area (Å²) in [7, 11) is 1.61. The van der Waals surface area contributed by atoms with Gasteiger partial charge in [-0.05, 0) is 53.8 Å². The fourth-order valence-electron chi connectivity index (χ4n) is 3.21. The van der Waals surface area contributed by atoms with Crippen LogP contribution in [0.4, 0.5) is 0 Å². The number of ether oxygens (including phenoxy) is 1. The molecule has 1 aliphatic rings. The van der Waals surface area contributed by atoms with Gasteiger partial charge in [0, 0.05) is 12.1 Å². The number of hydrogen-bond acceptors (Lipinski definition) is 6. The van der Waals surface area contributed by atoms with Crippen LogP contribution in [0.15, 0.2) is 41.8 Å². The number of methoxy groups -OCH3 is 1. The first kappa shape index (κ1) is 16.7. The number of carbonyl (C=O) groups excluding carboxylic acids is 1. The minimum absolute atomic E-state index is 0.0359. The Bertz CT molecular complexity index is 875. The van der Waals surface area contributed by atoms with Crippen LogP contribution in [0, 0.1) is 0 Å². The highest BCUT2D eigenvalue weighted by Crippen LogP contribution is 2.23. The average Bonchev–Trinajstić information content (AvgIpc) is 3.43. The van der Waals surface area contributed by atoms with Crippen molar-refractivity contribution in [2.24, 2.45) is 0 Å². The number of amides is 1. The quantitative estimate of drug-likeness (QED) is 0.691. The van der Waals surface area contributed by atoms with Crippen molar-refractivity contribution in [3.05, 3.63) is 47.3 Å². The van der Waals surface area contributed by atoms with Crippen LogP contribution in [0.3, 0.4) is 0 Å². The molecule has 0 spiro atoms. The van der Waals surface area contributed by atoms with E-state index in [1.165, 1.54) is 0 Å². The summed E-state index contributed by atoms with van der Waals surface area (Å²) in [6.07, 6.45) is 1.93. The fraction of sp³-hybridized carbons (Fsp3) is 0.333. The highest BCUT2D eigenvalue weighted by molar-refractivity contribution is 7.13. The predicted octanol–water partition coefficient (Wildman–Crippen LogP) is 2.72. The third-order valence-electron chi connectivity index (χ3n) is 4.54. The molecule has 0 bridgehead atoms. The van der Waals surface area contributed by atoms with Gasteiger partial charge in [0.2, 0.25) is 5.82 Å². The summed E-state index contributed by atoms with van der Waals surface area (Å²) in [5.41, 5.74) is 0.670. The molecule has 1 aromatic carbocycles. The maximum absolute atomic E-state index is 12.9. The van der Waals surface area contributed by atoms with Crippen molar-refractivity contribution in [1.82, 2.24) is 25.1 Å². The molecule has 3 aromatic rings. The Morgan fingerprint density at radius 1 is 1.31 bits per heavy atom. The molecule has 1 aliphatic heterocycles. The molecule has 1 atom stereocenters. The Morgan fingerprint density at radius 3 is 2.88 bits per heavy atom. The molecule has 3 heterocycles. The number of benzene rings is 1. The van der Waals surface area contributed by atoms with Crippen molar-refractivity contribution in [3.63, 3.8) is 0 Å². The molecule has 7 nitrogen and oxygen atoms in total. The maximum Gasteiger partial charge on any atom is 0.254 e. The van der Waals surface area contributed by atoms with E-state index >= 15 is 0 Å². The van der Waals surface area contributed by atoms with Gasteiger partial charge in [0.05, 0.1) is 24.6 Å². The molecule has 2 aromatic heterocycles. The zero-order chi connectivity index (χ0) is 17.9. The fourth-order valence-corrected chi connectivity index (χ4v) is 3.85. The molecule has 134 valence electrons. The number of tetrazole rings is 1. The standard InChI is InChI=1S/C18H19N5O2S/c1-25-15-8-6-13(7-9-15)18(24)22-10-2-4-14(22)12-23-20-17(19-21-23)16-5-3-11-26-16/h3,5-9,11,14H,2,4,10,12H2,1H3/t14-/m1/s1. The number of hydrogen-bond donors (Lipinski definition) is 0. The van der Waals surface area contributed by atoms with E-state index in [0.29, 0.717) is 17.9 Å². The Morgan fingerprint density at radius 2 is 2.15 bits per heavy atom. The van der Waals surface area contributed by atoms with Gasteiger partial charge in [-0.1, -0.05) is 6.07 Å². The molecule has 26 heavy (non-hydrogen) atoms. The molecule has 0 unspecified atom stereocenters. The number of thiophene rings is 1. The van der Waals surface area contributed by atoms with Crippen molar-refractivity contribution in [2.45, 2.75) is 25.4 Å². The van der Waals surface area contributed by atoms with Crippen molar-refractivity contribution in [2.75, 3.05) is 13.7 Å². The van der Waals surface area contributed by atoms with Crippen LogP contribution in [0.5, 0.6) is 5.75 Å². The highest BCUT2D eigenvalue weighted by Gasteiger charge is 2.30. The van der Waals surface area contributed by atoms with Crippen molar-refractivity contribution in [1.29, 1.82) is 0 Å². The summed E-state index contributed by atoms with van der Waals surface area (Å²) in [6.45, 7) is 1.31. The van der Waals surface area contributed by atoms with Gasteiger partial charge in [0.25, 0.3) is 5.91 Å². The van der Waals surface area contributed by atoms with Crippen LogP contribution in [0.2, 0.25) is 0 Å². The van der Waals surface area contributed by atoms with E-state index in [0.717, 1.165) is 30.0 Å². The molecular formula is C18H19N5O2S. The molecule has 0 aliphatic carbocycles.